The number of sulfonamides is 1. The summed E-state index contributed by atoms with van der Waals surface area (Å²) in [5.74, 6) is 0. The van der Waals surface area contributed by atoms with Crippen molar-refractivity contribution >= 4 is 15.7 Å². The second-order valence-electron chi connectivity index (χ2n) is 4.78. The van der Waals surface area contributed by atoms with E-state index in [0.29, 0.717) is 0 Å². The summed E-state index contributed by atoms with van der Waals surface area (Å²) >= 11 is 0. The van der Waals surface area contributed by atoms with Crippen molar-refractivity contribution in [2.24, 2.45) is 0 Å². The molecule has 0 bridgehead atoms. The zero-order chi connectivity index (χ0) is 14.8. The maximum atomic E-state index is 12.5. The summed E-state index contributed by atoms with van der Waals surface area (Å²) in [5, 5.41) is 10.7. The molecule has 1 rings (SSSR count). The molecule has 0 atom stereocenters. The third-order valence-electron chi connectivity index (χ3n) is 2.62. The van der Waals surface area contributed by atoms with Crippen LogP contribution in [0, 0.1) is 10.1 Å². The minimum Gasteiger partial charge on any atom is -0.258 e. The molecule has 7 heteroatoms. The van der Waals surface area contributed by atoms with E-state index in [4.69, 9.17) is 0 Å². The lowest BCUT2D eigenvalue weighted by Crippen LogP contribution is -2.41. The van der Waals surface area contributed by atoms with Gasteiger partial charge >= 0.3 is 0 Å². The van der Waals surface area contributed by atoms with Gasteiger partial charge in [0.1, 0.15) is 0 Å². The molecule has 0 amide bonds. The fraction of sp³-hybridized carbons (Fsp3) is 0.500. The Balaban J connectivity index is 3.33. The van der Waals surface area contributed by atoms with Gasteiger partial charge < -0.3 is 0 Å². The third kappa shape index (κ3) is 3.30. The van der Waals surface area contributed by atoms with Gasteiger partial charge in [-0.1, -0.05) is 6.07 Å². The van der Waals surface area contributed by atoms with Gasteiger partial charge in [-0.15, -0.1) is 0 Å². The Hall–Kier alpha value is -1.47. The normalized spacial score (nSPS) is 12.4. The maximum absolute atomic E-state index is 12.5. The summed E-state index contributed by atoms with van der Waals surface area (Å²) in [6, 6.07) is 4.68. The quantitative estimate of drug-likeness (QED) is 0.615. The van der Waals surface area contributed by atoms with Gasteiger partial charge in [-0.05, 0) is 33.8 Å². The molecular weight excluding hydrogens is 268 g/mol. The van der Waals surface area contributed by atoms with Crippen LogP contribution in [-0.4, -0.2) is 29.7 Å². The molecule has 6 nitrogen and oxygen atoms in total. The zero-order valence-corrected chi connectivity index (χ0v) is 12.2. The predicted octanol–water partition coefficient (Wildman–Crippen LogP) is 2.40. The van der Waals surface area contributed by atoms with Gasteiger partial charge in [-0.25, -0.2) is 8.42 Å². The Bertz CT molecular complexity index is 559. The van der Waals surface area contributed by atoms with Crippen LogP contribution in [0.5, 0.6) is 0 Å². The fourth-order valence-corrected chi connectivity index (χ4v) is 3.90. The van der Waals surface area contributed by atoms with Gasteiger partial charge in [0.25, 0.3) is 5.69 Å². The minimum absolute atomic E-state index is 0.0518. The van der Waals surface area contributed by atoms with Crippen molar-refractivity contribution in [1.82, 2.24) is 4.31 Å². The number of rotatable bonds is 5. The van der Waals surface area contributed by atoms with E-state index < -0.39 is 14.9 Å². The van der Waals surface area contributed by atoms with Gasteiger partial charge in [-0.2, -0.15) is 4.31 Å². The highest BCUT2D eigenvalue weighted by Gasteiger charge is 2.30. The van der Waals surface area contributed by atoms with Crippen molar-refractivity contribution in [2.75, 3.05) is 0 Å². The van der Waals surface area contributed by atoms with Crippen LogP contribution < -0.4 is 0 Å². The van der Waals surface area contributed by atoms with E-state index in [9.17, 15) is 18.5 Å². The summed E-state index contributed by atoms with van der Waals surface area (Å²) in [4.78, 5) is 10.1. The molecule has 0 heterocycles. The lowest BCUT2D eigenvalue weighted by molar-refractivity contribution is -0.385. The second-order valence-corrected chi connectivity index (χ2v) is 6.62. The molecule has 1 aromatic rings. The molecule has 0 aliphatic heterocycles. The monoisotopic (exact) mass is 286 g/mol. The summed E-state index contributed by atoms with van der Waals surface area (Å²) in [6.45, 7) is 7.09. The van der Waals surface area contributed by atoms with Crippen LogP contribution >= 0.6 is 0 Å². The Morgan fingerprint density at radius 2 is 1.68 bits per heavy atom. The van der Waals surface area contributed by atoms with Crippen molar-refractivity contribution in [3.05, 3.63) is 34.4 Å². The highest BCUT2D eigenvalue weighted by molar-refractivity contribution is 7.89. The smallest absolute Gasteiger partial charge is 0.258 e. The van der Waals surface area contributed by atoms with Gasteiger partial charge in [-0.3, -0.25) is 10.1 Å². The molecule has 0 aromatic heterocycles. The summed E-state index contributed by atoms with van der Waals surface area (Å²) in [6.07, 6.45) is 0. The van der Waals surface area contributed by atoms with E-state index >= 15 is 0 Å². The number of hydrogen-bond donors (Lipinski definition) is 0. The molecule has 0 radical (unpaired) electrons. The molecular formula is C12H18N2O4S. The Morgan fingerprint density at radius 3 is 2.11 bits per heavy atom. The fourth-order valence-electron chi connectivity index (χ4n) is 2.03. The first kappa shape index (κ1) is 15.6. The van der Waals surface area contributed by atoms with E-state index in [2.05, 4.69) is 0 Å². The lowest BCUT2D eigenvalue weighted by Gasteiger charge is -2.29. The van der Waals surface area contributed by atoms with Crippen LogP contribution in [0.2, 0.25) is 0 Å². The molecule has 0 N–H and O–H groups in total. The van der Waals surface area contributed by atoms with Gasteiger partial charge in [0.2, 0.25) is 10.0 Å². The zero-order valence-electron chi connectivity index (χ0n) is 11.4. The topological polar surface area (TPSA) is 80.5 Å². The second kappa shape index (κ2) is 5.66. The van der Waals surface area contributed by atoms with E-state index in [1.165, 1.54) is 22.5 Å². The van der Waals surface area contributed by atoms with Crippen molar-refractivity contribution in [1.29, 1.82) is 0 Å². The Morgan fingerprint density at radius 1 is 1.16 bits per heavy atom. The number of nitro groups is 1. The van der Waals surface area contributed by atoms with Gasteiger partial charge in [0.15, 0.2) is 0 Å². The molecule has 0 aliphatic carbocycles. The third-order valence-corrected chi connectivity index (χ3v) is 4.87. The summed E-state index contributed by atoms with van der Waals surface area (Å²) in [7, 11) is -3.73. The van der Waals surface area contributed by atoms with E-state index in [1.807, 2.05) is 0 Å². The largest absolute Gasteiger partial charge is 0.270 e. The van der Waals surface area contributed by atoms with E-state index in [1.54, 1.807) is 27.7 Å². The number of non-ortho nitro benzene ring substituents is 1. The van der Waals surface area contributed by atoms with Crippen LogP contribution in [-0.2, 0) is 10.0 Å². The molecule has 0 aliphatic rings. The molecule has 0 saturated carbocycles. The molecule has 0 saturated heterocycles. The van der Waals surface area contributed by atoms with Crippen LogP contribution in [0.25, 0.3) is 0 Å². The Labute approximate surface area is 113 Å². The molecule has 1 aromatic carbocycles. The van der Waals surface area contributed by atoms with Crippen LogP contribution in [0.15, 0.2) is 29.2 Å². The summed E-state index contributed by atoms with van der Waals surface area (Å²) in [5.41, 5.74) is -0.228. The Kier molecular flexibility index (Phi) is 4.65. The van der Waals surface area contributed by atoms with Gasteiger partial charge in [0, 0.05) is 24.2 Å². The number of nitrogens with zero attached hydrogens (tertiary/aromatic N) is 2. The minimum atomic E-state index is -3.73. The SMILES string of the molecule is CC(C)N(C(C)C)S(=O)(=O)c1cccc([N+](=O)[O-])c1. The van der Waals surface area contributed by atoms with Crippen LogP contribution in [0.4, 0.5) is 5.69 Å². The first-order chi connectivity index (χ1) is 8.67. The van der Waals surface area contributed by atoms with Crippen LogP contribution in [0.3, 0.4) is 0 Å². The number of nitro benzene ring substituents is 1. The van der Waals surface area contributed by atoms with Crippen molar-refractivity contribution in [2.45, 2.75) is 44.7 Å². The van der Waals surface area contributed by atoms with Crippen molar-refractivity contribution < 1.29 is 13.3 Å². The van der Waals surface area contributed by atoms with Crippen LogP contribution in [0.1, 0.15) is 27.7 Å². The number of hydrogen-bond acceptors (Lipinski definition) is 4. The maximum Gasteiger partial charge on any atom is 0.270 e. The molecule has 106 valence electrons. The van der Waals surface area contributed by atoms with E-state index in [0.717, 1.165) is 6.07 Å². The number of benzene rings is 1. The standard InChI is InChI=1S/C12H18N2O4S/c1-9(2)13(10(3)4)19(17,18)12-7-5-6-11(8-12)14(15)16/h5-10H,1-4H3. The highest BCUT2D eigenvalue weighted by atomic mass is 32.2. The van der Waals surface area contributed by atoms with E-state index in [-0.39, 0.29) is 22.7 Å². The lowest BCUT2D eigenvalue weighted by atomic mass is 10.3. The summed E-state index contributed by atoms with van der Waals surface area (Å²) < 4.78 is 26.3. The van der Waals surface area contributed by atoms with Crippen molar-refractivity contribution in [3.63, 3.8) is 0 Å². The molecule has 19 heavy (non-hydrogen) atoms. The first-order valence-electron chi connectivity index (χ1n) is 5.96. The van der Waals surface area contributed by atoms with Gasteiger partial charge in [0.05, 0.1) is 9.82 Å². The first-order valence-corrected chi connectivity index (χ1v) is 7.40. The average molecular weight is 286 g/mol. The molecule has 0 spiro atoms. The average Bonchev–Trinajstić information content (AvgIpc) is 2.27. The van der Waals surface area contributed by atoms with Crippen molar-refractivity contribution in [3.8, 4) is 0 Å². The predicted molar refractivity (Wildman–Crippen MR) is 72.4 cm³/mol. The molecule has 0 unspecified atom stereocenters. The molecule has 0 fully saturated rings. The highest BCUT2D eigenvalue weighted by Crippen LogP contribution is 2.24.